The van der Waals surface area contributed by atoms with Crippen molar-refractivity contribution in [2.24, 2.45) is 5.10 Å². The van der Waals surface area contributed by atoms with E-state index in [1.165, 1.54) is 0 Å². The molecule has 136 valence electrons. The summed E-state index contributed by atoms with van der Waals surface area (Å²) in [6, 6.07) is 13.6. The standard InChI is InChI=1S/C19H20BrN3O2S/c1-3-10-21-19(26)23-22-12-15-6-9-17(18(11-15)24-2)25-13-14-4-7-16(20)8-5-14/h3-9,11-12H,1,10,13H2,2H3,(H2,21,23,26)/b22-12+. The SMILES string of the molecule is C=CCNC(=S)N/N=C/c1ccc(OCc2ccc(Br)cc2)c(OC)c1. The first-order valence-electron chi connectivity index (χ1n) is 7.85. The first-order chi connectivity index (χ1) is 12.6. The van der Waals surface area contributed by atoms with Crippen molar-refractivity contribution in [3.63, 3.8) is 0 Å². The second kappa shape index (κ2) is 10.6. The minimum Gasteiger partial charge on any atom is -0.493 e. The summed E-state index contributed by atoms with van der Waals surface area (Å²) in [6.07, 6.45) is 3.37. The fourth-order valence-corrected chi connectivity index (χ4v) is 2.40. The molecule has 0 fully saturated rings. The molecule has 0 spiro atoms. The van der Waals surface area contributed by atoms with Crippen LogP contribution in [0.15, 0.2) is 64.7 Å². The number of halogens is 1. The van der Waals surface area contributed by atoms with Crippen LogP contribution in [0.4, 0.5) is 0 Å². The van der Waals surface area contributed by atoms with Crippen molar-refractivity contribution in [2.45, 2.75) is 6.61 Å². The normalized spacial score (nSPS) is 10.4. The first kappa shape index (κ1) is 19.9. The molecule has 0 unspecified atom stereocenters. The molecule has 0 aromatic heterocycles. The van der Waals surface area contributed by atoms with Crippen LogP contribution in [0.5, 0.6) is 11.5 Å². The Balaban J connectivity index is 1.96. The van der Waals surface area contributed by atoms with Gasteiger partial charge in [-0.15, -0.1) is 6.58 Å². The van der Waals surface area contributed by atoms with Crippen LogP contribution in [0.1, 0.15) is 11.1 Å². The average Bonchev–Trinajstić information content (AvgIpc) is 2.66. The lowest BCUT2D eigenvalue weighted by atomic mass is 10.2. The van der Waals surface area contributed by atoms with E-state index < -0.39 is 0 Å². The van der Waals surface area contributed by atoms with Gasteiger partial charge >= 0.3 is 0 Å². The fraction of sp³-hybridized carbons (Fsp3) is 0.158. The Morgan fingerprint density at radius 2 is 2.00 bits per heavy atom. The van der Waals surface area contributed by atoms with Crippen LogP contribution in [0, 0.1) is 0 Å². The quantitative estimate of drug-likeness (QED) is 0.285. The number of benzene rings is 2. The highest BCUT2D eigenvalue weighted by Crippen LogP contribution is 2.28. The lowest BCUT2D eigenvalue weighted by Gasteiger charge is -2.11. The molecule has 2 aromatic carbocycles. The number of hydrogen-bond donors (Lipinski definition) is 2. The molecular formula is C19H20BrN3O2S. The molecule has 26 heavy (non-hydrogen) atoms. The van der Waals surface area contributed by atoms with Gasteiger partial charge in [0.25, 0.3) is 0 Å². The first-order valence-corrected chi connectivity index (χ1v) is 9.05. The van der Waals surface area contributed by atoms with Crippen LogP contribution >= 0.6 is 28.1 Å². The minimum absolute atomic E-state index is 0.433. The third kappa shape index (κ3) is 6.50. The highest BCUT2D eigenvalue weighted by Gasteiger charge is 2.06. The van der Waals surface area contributed by atoms with Gasteiger partial charge < -0.3 is 14.8 Å². The van der Waals surface area contributed by atoms with Crippen LogP contribution in [0.25, 0.3) is 0 Å². The Labute approximate surface area is 167 Å². The molecule has 0 aliphatic heterocycles. The zero-order valence-corrected chi connectivity index (χ0v) is 16.8. The number of ether oxygens (including phenoxy) is 2. The number of thiocarbonyl (C=S) groups is 1. The van der Waals surface area contributed by atoms with E-state index in [4.69, 9.17) is 21.7 Å². The molecule has 2 N–H and O–H groups in total. The molecule has 0 aliphatic rings. The Morgan fingerprint density at radius 3 is 2.69 bits per heavy atom. The van der Waals surface area contributed by atoms with Crippen LogP contribution in [-0.4, -0.2) is 25.0 Å². The van der Waals surface area contributed by atoms with E-state index in [9.17, 15) is 0 Å². The molecule has 2 rings (SSSR count). The molecule has 2 aromatic rings. The maximum Gasteiger partial charge on any atom is 0.187 e. The molecule has 0 radical (unpaired) electrons. The summed E-state index contributed by atoms with van der Waals surface area (Å²) in [5.41, 5.74) is 4.67. The number of hydrogen-bond acceptors (Lipinski definition) is 4. The number of rotatable bonds is 8. The van der Waals surface area contributed by atoms with Crippen molar-refractivity contribution in [3.05, 3.63) is 70.7 Å². The molecule has 0 bridgehead atoms. The molecule has 5 nitrogen and oxygen atoms in total. The second-order valence-electron chi connectivity index (χ2n) is 5.19. The van der Waals surface area contributed by atoms with Crippen LogP contribution in [-0.2, 0) is 6.61 Å². The van der Waals surface area contributed by atoms with Gasteiger partial charge in [-0.05, 0) is 53.7 Å². The molecule has 0 atom stereocenters. The predicted octanol–water partition coefficient (Wildman–Crippen LogP) is 4.02. The molecule has 0 saturated carbocycles. The summed E-state index contributed by atoms with van der Waals surface area (Å²) >= 11 is 8.48. The Kier molecular flexibility index (Phi) is 8.11. The largest absolute Gasteiger partial charge is 0.493 e. The average molecular weight is 434 g/mol. The van der Waals surface area contributed by atoms with E-state index in [-0.39, 0.29) is 0 Å². The van der Waals surface area contributed by atoms with E-state index in [1.54, 1.807) is 19.4 Å². The van der Waals surface area contributed by atoms with Crippen molar-refractivity contribution in [1.82, 2.24) is 10.7 Å². The summed E-state index contributed by atoms with van der Waals surface area (Å²) in [6.45, 7) is 4.65. The topological polar surface area (TPSA) is 54.9 Å². The summed E-state index contributed by atoms with van der Waals surface area (Å²) in [4.78, 5) is 0. The van der Waals surface area contributed by atoms with Gasteiger partial charge in [0.1, 0.15) is 6.61 Å². The van der Waals surface area contributed by atoms with E-state index in [2.05, 4.69) is 38.4 Å². The van der Waals surface area contributed by atoms with E-state index in [0.29, 0.717) is 29.8 Å². The number of nitrogens with zero attached hydrogens (tertiary/aromatic N) is 1. The molecule has 0 saturated heterocycles. The zero-order valence-electron chi connectivity index (χ0n) is 14.4. The molecule has 0 aliphatic carbocycles. The van der Waals surface area contributed by atoms with Gasteiger partial charge in [0.2, 0.25) is 0 Å². The smallest absolute Gasteiger partial charge is 0.187 e. The van der Waals surface area contributed by atoms with Gasteiger partial charge in [0.15, 0.2) is 16.6 Å². The molecule has 7 heteroatoms. The molecule has 0 heterocycles. The maximum absolute atomic E-state index is 5.86. The van der Waals surface area contributed by atoms with Crippen molar-refractivity contribution in [1.29, 1.82) is 0 Å². The van der Waals surface area contributed by atoms with Gasteiger partial charge in [-0.25, -0.2) is 0 Å². The summed E-state index contributed by atoms with van der Waals surface area (Å²) in [5.74, 6) is 1.31. The van der Waals surface area contributed by atoms with Gasteiger partial charge in [-0.2, -0.15) is 5.10 Å². The van der Waals surface area contributed by atoms with Gasteiger partial charge in [0.05, 0.1) is 13.3 Å². The highest BCUT2D eigenvalue weighted by atomic mass is 79.9. The van der Waals surface area contributed by atoms with E-state index >= 15 is 0 Å². The number of methoxy groups -OCH3 is 1. The lowest BCUT2D eigenvalue weighted by Crippen LogP contribution is -2.31. The number of nitrogens with one attached hydrogen (secondary N) is 2. The van der Waals surface area contributed by atoms with Gasteiger partial charge in [-0.1, -0.05) is 34.1 Å². The monoisotopic (exact) mass is 433 g/mol. The van der Waals surface area contributed by atoms with Gasteiger partial charge in [0, 0.05) is 11.0 Å². The predicted molar refractivity (Wildman–Crippen MR) is 113 cm³/mol. The van der Waals surface area contributed by atoms with E-state index in [0.717, 1.165) is 15.6 Å². The fourth-order valence-electron chi connectivity index (χ4n) is 2.00. The van der Waals surface area contributed by atoms with Crippen molar-refractivity contribution in [3.8, 4) is 11.5 Å². The summed E-state index contributed by atoms with van der Waals surface area (Å²) in [7, 11) is 1.61. The van der Waals surface area contributed by atoms with Crippen LogP contribution < -0.4 is 20.2 Å². The van der Waals surface area contributed by atoms with Crippen LogP contribution in [0.3, 0.4) is 0 Å². The third-order valence-corrected chi connectivity index (χ3v) is 4.05. The zero-order chi connectivity index (χ0) is 18.8. The van der Waals surface area contributed by atoms with Gasteiger partial charge in [-0.3, -0.25) is 5.43 Å². The van der Waals surface area contributed by atoms with Crippen molar-refractivity contribution >= 4 is 39.5 Å². The Morgan fingerprint density at radius 1 is 1.23 bits per heavy atom. The number of hydrazone groups is 1. The second-order valence-corrected chi connectivity index (χ2v) is 6.52. The van der Waals surface area contributed by atoms with Crippen LogP contribution in [0.2, 0.25) is 0 Å². The summed E-state index contributed by atoms with van der Waals surface area (Å²) in [5, 5.41) is 7.45. The molecular weight excluding hydrogens is 414 g/mol. The molecule has 0 amide bonds. The highest BCUT2D eigenvalue weighted by molar-refractivity contribution is 9.10. The maximum atomic E-state index is 5.86. The Bertz CT molecular complexity index is 779. The summed E-state index contributed by atoms with van der Waals surface area (Å²) < 4.78 is 12.3. The Hall–Kier alpha value is -2.38. The van der Waals surface area contributed by atoms with Crippen molar-refractivity contribution in [2.75, 3.05) is 13.7 Å². The van der Waals surface area contributed by atoms with Crippen molar-refractivity contribution < 1.29 is 9.47 Å². The van der Waals surface area contributed by atoms with E-state index in [1.807, 2.05) is 42.5 Å². The lowest BCUT2D eigenvalue weighted by molar-refractivity contribution is 0.284. The third-order valence-electron chi connectivity index (χ3n) is 3.28. The minimum atomic E-state index is 0.433.